The Balaban J connectivity index is 3.02. The number of benzene rings is 1. The first kappa shape index (κ1) is 15.8. The van der Waals surface area contributed by atoms with Gasteiger partial charge in [-0.3, -0.25) is 5.41 Å². The van der Waals surface area contributed by atoms with E-state index in [1.165, 1.54) is 0 Å². The minimum absolute atomic E-state index is 0.0100. The molecule has 3 N–H and O–H groups in total. The maximum absolute atomic E-state index is 7.46. The number of rotatable bonds is 6. The van der Waals surface area contributed by atoms with Crippen molar-refractivity contribution >= 4 is 23.1 Å². The van der Waals surface area contributed by atoms with Crippen LogP contribution in [0.25, 0.3) is 0 Å². The molecule has 0 unspecified atom stereocenters. The number of nitrogens with one attached hydrogen (secondary N) is 1. The zero-order chi connectivity index (χ0) is 14.6. The van der Waals surface area contributed by atoms with Crippen molar-refractivity contribution in [3.05, 3.63) is 28.8 Å². The summed E-state index contributed by atoms with van der Waals surface area (Å²) in [5.41, 5.74) is 7.18. The Hall–Kier alpha value is -1.22. The molecular formula is C15H24ClN3. The summed E-state index contributed by atoms with van der Waals surface area (Å²) in [7, 11) is 0. The number of amidine groups is 1. The predicted octanol–water partition coefficient (Wildman–Crippen LogP) is 3.74. The van der Waals surface area contributed by atoms with Crippen LogP contribution in [0.4, 0.5) is 5.69 Å². The van der Waals surface area contributed by atoms with Crippen molar-refractivity contribution in [3.8, 4) is 0 Å². The van der Waals surface area contributed by atoms with E-state index >= 15 is 0 Å². The summed E-state index contributed by atoms with van der Waals surface area (Å²) in [6, 6.07) is 5.73. The van der Waals surface area contributed by atoms with Crippen molar-refractivity contribution in [3.63, 3.8) is 0 Å². The van der Waals surface area contributed by atoms with Gasteiger partial charge >= 0.3 is 0 Å². The van der Waals surface area contributed by atoms with Crippen molar-refractivity contribution in [2.45, 2.75) is 27.7 Å². The Kier molecular flexibility index (Phi) is 5.67. The van der Waals surface area contributed by atoms with Gasteiger partial charge in [0.2, 0.25) is 0 Å². The molecule has 0 aliphatic carbocycles. The van der Waals surface area contributed by atoms with Crippen molar-refractivity contribution in [1.82, 2.24) is 0 Å². The van der Waals surface area contributed by atoms with E-state index in [-0.39, 0.29) is 5.84 Å². The molecule has 0 atom stereocenters. The Morgan fingerprint density at radius 2 is 1.74 bits per heavy atom. The van der Waals surface area contributed by atoms with Crippen LogP contribution in [0.1, 0.15) is 33.3 Å². The molecular weight excluding hydrogens is 258 g/mol. The molecule has 0 amide bonds. The van der Waals surface area contributed by atoms with E-state index in [2.05, 4.69) is 32.6 Å². The van der Waals surface area contributed by atoms with E-state index in [1.54, 1.807) is 0 Å². The number of hydrogen-bond acceptors (Lipinski definition) is 2. The average molecular weight is 282 g/mol. The quantitative estimate of drug-likeness (QED) is 0.616. The second-order valence-corrected chi connectivity index (χ2v) is 6.18. The smallest absolute Gasteiger partial charge is 0.124 e. The summed E-state index contributed by atoms with van der Waals surface area (Å²) < 4.78 is 0. The summed E-state index contributed by atoms with van der Waals surface area (Å²) in [6.45, 7) is 10.8. The highest BCUT2D eigenvalue weighted by molar-refractivity contribution is 6.34. The highest BCUT2D eigenvalue weighted by Crippen LogP contribution is 2.25. The van der Waals surface area contributed by atoms with Crippen LogP contribution in [0.15, 0.2) is 18.2 Å². The van der Waals surface area contributed by atoms with Gasteiger partial charge in [0.1, 0.15) is 5.84 Å². The zero-order valence-electron chi connectivity index (χ0n) is 12.2. The third-order valence-electron chi connectivity index (χ3n) is 2.78. The third kappa shape index (κ3) is 4.75. The first-order chi connectivity index (χ1) is 8.81. The lowest BCUT2D eigenvalue weighted by atomic mass is 10.1. The third-order valence-corrected chi connectivity index (χ3v) is 3.09. The first-order valence-electron chi connectivity index (χ1n) is 6.70. The standard InChI is InChI=1S/C15H24ClN3/c1-10(2)8-19(9-11(3)4)12-5-6-13(15(17)18)14(16)7-12/h5-7,10-11H,8-9H2,1-4H3,(H3,17,18). The van der Waals surface area contributed by atoms with Gasteiger partial charge in [0, 0.05) is 24.3 Å². The van der Waals surface area contributed by atoms with Crippen LogP contribution in [0.5, 0.6) is 0 Å². The second kappa shape index (κ2) is 6.80. The maximum Gasteiger partial charge on any atom is 0.124 e. The summed E-state index contributed by atoms with van der Waals surface area (Å²) in [6.07, 6.45) is 0. The van der Waals surface area contributed by atoms with E-state index in [0.717, 1.165) is 18.8 Å². The van der Waals surface area contributed by atoms with Crippen LogP contribution in [0.3, 0.4) is 0 Å². The van der Waals surface area contributed by atoms with Crippen LogP contribution in [-0.2, 0) is 0 Å². The minimum Gasteiger partial charge on any atom is -0.384 e. The van der Waals surface area contributed by atoms with Crippen LogP contribution in [0.2, 0.25) is 5.02 Å². The van der Waals surface area contributed by atoms with E-state index in [9.17, 15) is 0 Å². The molecule has 19 heavy (non-hydrogen) atoms. The molecule has 0 spiro atoms. The van der Waals surface area contributed by atoms with Gasteiger partial charge in [0.25, 0.3) is 0 Å². The van der Waals surface area contributed by atoms with E-state index < -0.39 is 0 Å². The molecule has 0 fully saturated rings. The Labute approximate surface area is 121 Å². The van der Waals surface area contributed by atoms with Gasteiger partial charge in [-0.05, 0) is 30.0 Å². The molecule has 3 nitrogen and oxygen atoms in total. The summed E-state index contributed by atoms with van der Waals surface area (Å²) in [5, 5.41) is 8.00. The summed E-state index contributed by atoms with van der Waals surface area (Å²) in [5.74, 6) is 1.19. The normalized spacial score (nSPS) is 11.1. The largest absolute Gasteiger partial charge is 0.384 e. The fourth-order valence-corrected chi connectivity index (χ4v) is 2.36. The van der Waals surface area contributed by atoms with Gasteiger partial charge in [-0.1, -0.05) is 39.3 Å². The Morgan fingerprint density at radius 3 is 2.11 bits per heavy atom. The highest BCUT2D eigenvalue weighted by Gasteiger charge is 2.13. The predicted molar refractivity (Wildman–Crippen MR) is 84.4 cm³/mol. The van der Waals surface area contributed by atoms with Gasteiger partial charge in [0.05, 0.1) is 5.02 Å². The van der Waals surface area contributed by atoms with E-state index in [1.807, 2.05) is 18.2 Å². The molecule has 106 valence electrons. The van der Waals surface area contributed by atoms with Crippen LogP contribution in [-0.4, -0.2) is 18.9 Å². The number of nitrogens with two attached hydrogens (primary N) is 1. The monoisotopic (exact) mass is 281 g/mol. The topological polar surface area (TPSA) is 53.1 Å². The lowest BCUT2D eigenvalue weighted by Gasteiger charge is -2.29. The number of nitrogen functional groups attached to an aromatic ring is 1. The molecule has 1 aromatic rings. The number of hydrogen-bond donors (Lipinski definition) is 2. The van der Waals surface area contributed by atoms with Gasteiger partial charge in [-0.15, -0.1) is 0 Å². The molecule has 4 heteroatoms. The lowest BCUT2D eigenvalue weighted by molar-refractivity contribution is 0.553. The first-order valence-corrected chi connectivity index (χ1v) is 7.08. The van der Waals surface area contributed by atoms with Gasteiger partial charge < -0.3 is 10.6 Å². The van der Waals surface area contributed by atoms with Crippen LogP contribution >= 0.6 is 11.6 Å². The van der Waals surface area contributed by atoms with Gasteiger partial charge in [0.15, 0.2) is 0 Å². The zero-order valence-corrected chi connectivity index (χ0v) is 13.0. The number of halogens is 1. The minimum atomic E-state index is 0.0100. The highest BCUT2D eigenvalue weighted by atomic mass is 35.5. The Morgan fingerprint density at radius 1 is 1.21 bits per heavy atom. The SMILES string of the molecule is CC(C)CN(CC(C)C)c1ccc(C(=N)N)c(Cl)c1. The molecule has 0 saturated heterocycles. The van der Waals surface area contributed by atoms with Gasteiger partial charge in [-0.25, -0.2) is 0 Å². The van der Waals surface area contributed by atoms with E-state index in [4.69, 9.17) is 22.7 Å². The molecule has 0 aliphatic heterocycles. The second-order valence-electron chi connectivity index (χ2n) is 5.77. The molecule has 1 aromatic carbocycles. The van der Waals surface area contributed by atoms with Crippen molar-refractivity contribution < 1.29 is 0 Å². The van der Waals surface area contributed by atoms with Crippen molar-refractivity contribution in [2.75, 3.05) is 18.0 Å². The fourth-order valence-electron chi connectivity index (χ4n) is 2.09. The lowest BCUT2D eigenvalue weighted by Crippen LogP contribution is -2.31. The van der Waals surface area contributed by atoms with E-state index in [0.29, 0.717) is 22.4 Å². The van der Waals surface area contributed by atoms with Crippen molar-refractivity contribution in [2.24, 2.45) is 17.6 Å². The molecule has 0 saturated carbocycles. The maximum atomic E-state index is 7.46. The average Bonchev–Trinajstić information content (AvgIpc) is 2.26. The Bertz CT molecular complexity index is 431. The summed E-state index contributed by atoms with van der Waals surface area (Å²) in [4.78, 5) is 2.34. The van der Waals surface area contributed by atoms with Gasteiger partial charge in [-0.2, -0.15) is 0 Å². The van der Waals surface area contributed by atoms with Crippen molar-refractivity contribution in [1.29, 1.82) is 5.41 Å². The molecule has 0 heterocycles. The molecule has 0 aliphatic rings. The molecule has 0 bridgehead atoms. The fraction of sp³-hybridized carbons (Fsp3) is 0.533. The number of anilines is 1. The number of nitrogens with zero attached hydrogens (tertiary/aromatic N) is 1. The summed E-state index contributed by atoms with van der Waals surface area (Å²) >= 11 is 6.19. The molecule has 1 rings (SSSR count). The molecule has 0 aromatic heterocycles. The van der Waals surface area contributed by atoms with Crippen LogP contribution in [0, 0.1) is 17.2 Å². The molecule has 0 radical (unpaired) electrons. The van der Waals surface area contributed by atoms with Crippen LogP contribution < -0.4 is 10.6 Å².